The summed E-state index contributed by atoms with van der Waals surface area (Å²) in [4.78, 5) is 14.9. The Morgan fingerprint density at radius 1 is 1.35 bits per heavy atom. The molecule has 5 nitrogen and oxygen atoms in total. The first-order valence-corrected chi connectivity index (χ1v) is 6.89. The summed E-state index contributed by atoms with van der Waals surface area (Å²) in [5.74, 6) is 0.527. The van der Waals surface area contributed by atoms with Crippen LogP contribution in [0.1, 0.15) is 18.2 Å². The fourth-order valence-electron chi connectivity index (χ4n) is 1.70. The fourth-order valence-corrected chi connectivity index (χ4v) is 1.92. The van der Waals surface area contributed by atoms with Crippen LogP contribution >= 0.6 is 15.9 Å². The summed E-state index contributed by atoms with van der Waals surface area (Å²) in [5.41, 5.74) is 1.60. The molecule has 1 aromatic carbocycles. The van der Waals surface area contributed by atoms with Crippen LogP contribution in [0.2, 0.25) is 0 Å². The van der Waals surface area contributed by atoms with Crippen molar-refractivity contribution in [1.82, 2.24) is 4.98 Å². The van der Waals surface area contributed by atoms with Gasteiger partial charge in [0, 0.05) is 16.6 Å². The minimum Gasteiger partial charge on any atom is -0.432 e. The van der Waals surface area contributed by atoms with Crippen molar-refractivity contribution >= 4 is 21.6 Å². The van der Waals surface area contributed by atoms with E-state index in [4.69, 9.17) is 4.74 Å². The van der Waals surface area contributed by atoms with Crippen molar-refractivity contribution in [3.8, 4) is 11.6 Å². The highest BCUT2D eigenvalue weighted by atomic mass is 79.9. The van der Waals surface area contributed by atoms with Crippen LogP contribution < -0.4 is 4.74 Å². The minimum absolute atomic E-state index is 0.0493. The molecule has 20 heavy (non-hydrogen) atoms. The predicted octanol–water partition coefficient (Wildman–Crippen LogP) is 4.42. The average Bonchev–Trinajstić information content (AvgIpc) is 2.43. The number of hydrogen-bond donors (Lipinski definition) is 0. The summed E-state index contributed by atoms with van der Waals surface area (Å²) in [6.45, 7) is 3.77. The van der Waals surface area contributed by atoms with Gasteiger partial charge in [0.15, 0.2) is 0 Å². The molecule has 0 aliphatic heterocycles. The third-order valence-electron chi connectivity index (χ3n) is 2.84. The number of nitrogens with zero attached hydrogens (tertiary/aromatic N) is 2. The molecule has 6 heteroatoms. The summed E-state index contributed by atoms with van der Waals surface area (Å²) in [6, 6.07) is 8.41. The van der Waals surface area contributed by atoms with Crippen LogP contribution in [0.15, 0.2) is 34.8 Å². The van der Waals surface area contributed by atoms with Gasteiger partial charge in [0.05, 0.1) is 10.6 Å². The van der Waals surface area contributed by atoms with Crippen LogP contribution in [-0.4, -0.2) is 9.91 Å². The van der Waals surface area contributed by atoms with Gasteiger partial charge in [-0.2, -0.15) is 0 Å². The maximum atomic E-state index is 11.1. The van der Waals surface area contributed by atoms with E-state index in [0.717, 1.165) is 22.2 Å². The van der Waals surface area contributed by atoms with E-state index in [9.17, 15) is 10.1 Å². The van der Waals surface area contributed by atoms with Gasteiger partial charge in [-0.3, -0.25) is 10.1 Å². The third kappa shape index (κ3) is 3.14. The quantitative estimate of drug-likeness (QED) is 0.612. The lowest BCUT2D eigenvalue weighted by Gasteiger charge is -2.07. The molecule has 1 heterocycles. The molecule has 104 valence electrons. The van der Waals surface area contributed by atoms with E-state index in [1.807, 2.05) is 19.9 Å². The molecule has 0 saturated heterocycles. The number of aryl methyl sites for hydroxylation is 2. The van der Waals surface area contributed by atoms with Crippen LogP contribution in [0.5, 0.6) is 11.6 Å². The molecular formula is C14H13BrN2O3. The molecule has 2 rings (SSSR count). The molecule has 0 amide bonds. The number of benzene rings is 1. The van der Waals surface area contributed by atoms with Gasteiger partial charge in [-0.25, -0.2) is 4.98 Å². The summed E-state index contributed by atoms with van der Waals surface area (Å²) in [5, 5.41) is 11.1. The molecule has 0 radical (unpaired) electrons. The monoisotopic (exact) mass is 336 g/mol. The highest BCUT2D eigenvalue weighted by Crippen LogP contribution is 2.32. The Labute approximate surface area is 124 Å². The molecule has 0 spiro atoms. The highest BCUT2D eigenvalue weighted by molar-refractivity contribution is 9.10. The van der Waals surface area contributed by atoms with Gasteiger partial charge >= 0.3 is 5.69 Å². The van der Waals surface area contributed by atoms with E-state index in [1.165, 1.54) is 6.07 Å². The number of ether oxygens (including phenoxy) is 1. The largest absolute Gasteiger partial charge is 0.432 e. The summed E-state index contributed by atoms with van der Waals surface area (Å²) in [7, 11) is 0. The lowest BCUT2D eigenvalue weighted by atomic mass is 10.1. The lowest BCUT2D eigenvalue weighted by Crippen LogP contribution is -1.97. The van der Waals surface area contributed by atoms with E-state index in [-0.39, 0.29) is 11.4 Å². The maximum absolute atomic E-state index is 11.1. The van der Waals surface area contributed by atoms with Gasteiger partial charge in [-0.1, -0.05) is 13.0 Å². The van der Waals surface area contributed by atoms with Gasteiger partial charge in [0.1, 0.15) is 0 Å². The first kappa shape index (κ1) is 14.5. The third-order valence-corrected chi connectivity index (χ3v) is 3.68. The van der Waals surface area contributed by atoms with Crippen LogP contribution in [0.3, 0.4) is 0 Å². The van der Waals surface area contributed by atoms with Crippen LogP contribution in [0.4, 0.5) is 5.69 Å². The number of nitro benzene ring substituents is 1. The molecule has 0 atom stereocenters. The number of rotatable bonds is 4. The van der Waals surface area contributed by atoms with Gasteiger partial charge in [0.25, 0.3) is 0 Å². The lowest BCUT2D eigenvalue weighted by molar-refractivity contribution is -0.385. The van der Waals surface area contributed by atoms with E-state index >= 15 is 0 Å². The van der Waals surface area contributed by atoms with Crippen molar-refractivity contribution in [3.05, 3.63) is 56.2 Å². The molecule has 0 fully saturated rings. The normalized spacial score (nSPS) is 10.3. The maximum Gasteiger partial charge on any atom is 0.311 e. The molecule has 0 saturated carbocycles. The topological polar surface area (TPSA) is 65.3 Å². The van der Waals surface area contributed by atoms with Crippen molar-refractivity contribution in [1.29, 1.82) is 0 Å². The summed E-state index contributed by atoms with van der Waals surface area (Å²) >= 11 is 3.35. The molecule has 1 aromatic heterocycles. The Hall–Kier alpha value is -1.95. The minimum atomic E-state index is -0.444. The highest BCUT2D eigenvalue weighted by Gasteiger charge is 2.17. The summed E-state index contributed by atoms with van der Waals surface area (Å²) in [6.07, 6.45) is 0.733. The van der Waals surface area contributed by atoms with E-state index in [1.54, 1.807) is 18.2 Å². The molecule has 0 aliphatic carbocycles. The zero-order chi connectivity index (χ0) is 14.7. The zero-order valence-electron chi connectivity index (χ0n) is 11.1. The smallest absolute Gasteiger partial charge is 0.311 e. The Balaban J connectivity index is 2.37. The number of halogens is 1. The van der Waals surface area contributed by atoms with Crippen molar-refractivity contribution in [2.45, 2.75) is 20.3 Å². The van der Waals surface area contributed by atoms with Crippen molar-refractivity contribution in [3.63, 3.8) is 0 Å². The molecule has 0 bridgehead atoms. The Morgan fingerprint density at radius 3 is 2.70 bits per heavy atom. The second-order valence-corrected chi connectivity index (χ2v) is 5.09. The molecule has 0 unspecified atom stereocenters. The van der Waals surface area contributed by atoms with Gasteiger partial charge < -0.3 is 4.74 Å². The van der Waals surface area contributed by atoms with Gasteiger partial charge in [-0.15, -0.1) is 0 Å². The second-order valence-electron chi connectivity index (χ2n) is 4.23. The Kier molecular flexibility index (Phi) is 4.34. The molecular weight excluding hydrogens is 324 g/mol. The van der Waals surface area contributed by atoms with E-state index in [2.05, 4.69) is 20.9 Å². The molecule has 0 aliphatic rings. The number of hydrogen-bond acceptors (Lipinski definition) is 4. The standard InChI is InChI=1S/C14H13BrN2O3/c1-3-10-4-6-13(12(8-10)17(18)19)20-14-7-5-11(15)9(2)16-14/h4-8H,3H2,1-2H3. The average molecular weight is 337 g/mol. The van der Waals surface area contributed by atoms with E-state index < -0.39 is 4.92 Å². The second kappa shape index (κ2) is 6.00. The zero-order valence-corrected chi connectivity index (χ0v) is 12.7. The Morgan fingerprint density at radius 2 is 2.10 bits per heavy atom. The summed E-state index contributed by atoms with van der Waals surface area (Å²) < 4.78 is 6.39. The van der Waals surface area contributed by atoms with Gasteiger partial charge in [-0.05, 0) is 47.0 Å². The molecule has 0 N–H and O–H groups in total. The van der Waals surface area contributed by atoms with E-state index in [0.29, 0.717) is 5.88 Å². The predicted molar refractivity (Wildman–Crippen MR) is 79.2 cm³/mol. The van der Waals surface area contributed by atoms with Crippen LogP contribution in [-0.2, 0) is 6.42 Å². The Bertz CT molecular complexity index is 659. The van der Waals surface area contributed by atoms with Crippen molar-refractivity contribution < 1.29 is 9.66 Å². The SMILES string of the molecule is CCc1ccc(Oc2ccc(Br)c(C)n2)c([N+](=O)[O-])c1. The molecule has 2 aromatic rings. The first-order valence-electron chi connectivity index (χ1n) is 6.09. The van der Waals surface area contributed by atoms with Crippen molar-refractivity contribution in [2.24, 2.45) is 0 Å². The number of pyridine rings is 1. The van der Waals surface area contributed by atoms with Gasteiger partial charge in [0.2, 0.25) is 11.6 Å². The van der Waals surface area contributed by atoms with Crippen LogP contribution in [0.25, 0.3) is 0 Å². The number of nitro groups is 1. The van der Waals surface area contributed by atoms with Crippen molar-refractivity contribution in [2.75, 3.05) is 0 Å². The first-order chi connectivity index (χ1) is 9.51. The van der Waals surface area contributed by atoms with Crippen LogP contribution in [0, 0.1) is 17.0 Å². The fraction of sp³-hybridized carbons (Fsp3) is 0.214. The number of aromatic nitrogens is 1.